The Bertz CT molecular complexity index is 233. The Morgan fingerprint density at radius 3 is 2.43 bits per heavy atom. The van der Waals surface area contributed by atoms with E-state index in [1.807, 2.05) is 32.6 Å². The Labute approximate surface area is 95.7 Å². The van der Waals surface area contributed by atoms with Gasteiger partial charge in [-0.2, -0.15) is 0 Å². The summed E-state index contributed by atoms with van der Waals surface area (Å²) in [6, 6.07) is 0.382. The fourth-order valence-electron chi connectivity index (χ4n) is 1.32. The van der Waals surface area contributed by atoms with Gasteiger partial charge in [0.15, 0.2) is 0 Å². The molecule has 0 aliphatic rings. The molecule has 1 heterocycles. The summed E-state index contributed by atoms with van der Waals surface area (Å²) in [4.78, 5) is 0. The standard InChI is InChI=1S/C9H19N4.BrH/c1-8(10)5-12-3-4-13(7-12)6-9(2)11;/h3-4,7-9H,5-6,10-11H2,1-2H3;1H/q+1;/p-1. The molecule has 0 bridgehead atoms. The summed E-state index contributed by atoms with van der Waals surface area (Å²) in [7, 11) is 0. The average Bonchev–Trinajstić information content (AvgIpc) is 2.33. The van der Waals surface area contributed by atoms with Crippen LogP contribution >= 0.6 is 0 Å². The van der Waals surface area contributed by atoms with Gasteiger partial charge in [-0.3, -0.25) is 0 Å². The molecular formula is C9H19BrN4. The molecule has 0 spiro atoms. The van der Waals surface area contributed by atoms with Crippen LogP contribution in [0.15, 0.2) is 18.7 Å². The summed E-state index contributed by atoms with van der Waals surface area (Å²) in [5.74, 6) is 0. The molecule has 0 amide bonds. The Kier molecular flexibility index (Phi) is 5.99. The van der Waals surface area contributed by atoms with E-state index in [9.17, 15) is 0 Å². The van der Waals surface area contributed by atoms with E-state index < -0.39 is 0 Å². The minimum absolute atomic E-state index is 0. The maximum atomic E-state index is 5.68. The second-order valence-electron chi connectivity index (χ2n) is 3.76. The number of imidazole rings is 1. The van der Waals surface area contributed by atoms with Crippen LogP contribution in [0.2, 0.25) is 0 Å². The summed E-state index contributed by atoms with van der Waals surface area (Å²) in [6.07, 6.45) is 6.07. The molecule has 2 unspecified atom stereocenters. The number of rotatable bonds is 4. The normalized spacial score (nSPS) is 14.6. The average molecular weight is 263 g/mol. The van der Waals surface area contributed by atoms with Gasteiger partial charge < -0.3 is 28.4 Å². The van der Waals surface area contributed by atoms with Gasteiger partial charge >= 0.3 is 0 Å². The van der Waals surface area contributed by atoms with Crippen molar-refractivity contribution in [1.29, 1.82) is 0 Å². The minimum atomic E-state index is 0. The summed E-state index contributed by atoms with van der Waals surface area (Å²) < 4.78 is 4.15. The summed E-state index contributed by atoms with van der Waals surface area (Å²) in [6.45, 7) is 5.70. The second kappa shape index (κ2) is 6.16. The quantitative estimate of drug-likeness (QED) is 0.553. The minimum Gasteiger partial charge on any atom is -1.00 e. The molecule has 0 saturated carbocycles. The zero-order valence-electron chi connectivity index (χ0n) is 8.73. The van der Waals surface area contributed by atoms with Crippen molar-refractivity contribution in [1.82, 2.24) is 4.57 Å². The molecule has 82 valence electrons. The van der Waals surface area contributed by atoms with Crippen molar-refractivity contribution in [2.24, 2.45) is 11.5 Å². The fourth-order valence-corrected chi connectivity index (χ4v) is 1.32. The zero-order chi connectivity index (χ0) is 9.84. The number of nitrogens with zero attached hydrogens (tertiary/aromatic N) is 2. The monoisotopic (exact) mass is 262 g/mol. The Morgan fingerprint density at radius 1 is 1.29 bits per heavy atom. The lowest BCUT2D eigenvalue weighted by Gasteiger charge is -2.01. The van der Waals surface area contributed by atoms with Crippen molar-refractivity contribution in [3.63, 3.8) is 0 Å². The first kappa shape index (κ1) is 13.6. The van der Waals surface area contributed by atoms with Crippen LogP contribution < -0.4 is 33.0 Å². The predicted molar refractivity (Wildman–Crippen MR) is 51.9 cm³/mol. The molecule has 0 aliphatic carbocycles. The highest BCUT2D eigenvalue weighted by Crippen LogP contribution is 1.88. The largest absolute Gasteiger partial charge is 1.00 e. The predicted octanol–water partition coefficient (Wildman–Crippen LogP) is -3.53. The Balaban J connectivity index is 0.00000169. The van der Waals surface area contributed by atoms with Crippen molar-refractivity contribution in [3.8, 4) is 0 Å². The van der Waals surface area contributed by atoms with E-state index in [1.54, 1.807) is 0 Å². The molecule has 2 atom stereocenters. The third-order valence-corrected chi connectivity index (χ3v) is 1.74. The molecule has 0 fully saturated rings. The molecular weight excluding hydrogens is 244 g/mol. The number of hydrogen-bond acceptors (Lipinski definition) is 2. The van der Waals surface area contributed by atoms with Crippen molar-refractivity contribution in [3.05, 3.63) is 18.7 Å². The molecule has 0 saturated heterocycles. The molecule has 4 N–H and O–H groups in total. The van der Waals surface area contributed by atoms with Gasteiger partial charge in [-0.05, 0) is 13.8 Å². The SMILES string of the molecule is CC(N)Cn1cc[n+](CC(C)N)c1.[Br-]. The molecule has 5 heteroatoms. The number of nitrogens with two attached hydrogens (primary N) is 2. The van der Waals surface area contributed by atoms with Crippen LogP contribution in [-0.2, 0) is 13.1 Å². The maximum absolute atomic E-state index is 5.68. The number of aromatic nitrogens is 2. The van der Waals surface area contributed by atoms with Crippen LogP contribution in [0.3, 0.4) is 0 Å². The van der Waals surface area contributed by atoms with Crippen LogP contribution in [0.4, 0.5) is 0 Å². The van der Waals surface area contributed by atoms with Gasteiger partial charge in [0, 0.05) is 12.1 Å². The van der Waals surface area contributed by atoms with Crippen LogP contribution in [0, 0.1) is 0 Å². The van der Waals surface area contributed by atoms with E-state index in [-0.39, 0.29) is 29.1 Å². The number of halogens is 1. The highest BCUT2D eigenvalue weighted by atomic mass is 79.9. The molecule has 0 aliphatic heterocycles. The van der Waals surface area contributed by atoms with Gasteiger partial charge in [0.2, 0.25) is 6.33 Å². The van der Waals surface area contributed by atoms with Gasteiger partial charge in [0.25, 0.3) is 0 Å². The van der Waals surface area contributed by atoms with Crippen molar-refractivity contribution in [2.75, 3.05) is 0 Å². The van der Waals surface area contributed by atoms with E-state index in [2.05, 4.69) is 9.13 Å². The first-order valence-electron chi connectivity index (χ1n) is 4.64. The molecule has 4 nitrogen and oxygen atoms in total. The van der Waals surface area contributed by atoms with Crippen LogP contribution in [0.25, 0.3) is 0 Å². The lowest BCUT2D eigenvalue weighted by atomic mass is 10.4. The highest BCUT2D eigenvalue weighted by Gasteiger charge is 2.06. The summed E-state index contributed by atoms with van der Waals surface area (Å²) in [5.41, 5.74) is 11.4. The van der Waals surface area contributed by atoms with Crippen LogP contribution in [-0.4, -0.2) is 16.7 Å². The van der Waals surface area contributed by atoms with E-state index in [4.69, 9.17) is 11.5 Å². The summed E-state index contributed by atoms with van der Waals surface area (Å²) >= 11 is 0. The molecule has 0 aromatic carbocycles. The fraction of sp³-hybridized carbons (Fsp3) is 0.667. The second-order valence-corrected chi connectivity index (χ2v) is 3.76. The van der Waals surface area contributed by atoms with Crippen molar-refractivity contribution >= 4 is 0 Å². The third kappa shape index (κ3) is 4.74. The van der Waals surface area contributed by atoms with Gasteiger partial charge in [0.05, 0.1) is 0 Å². The number of hydrogen-bond donors (Lipinski definition) is 2. The zero-order valence-corrected chi connectivity index (χ0v) is 10.3. The smallest absolute Gasteiger partial charge is 0.243 e. The van der Waals surface area contributed by atoms with Crippen molar-refractivity contribution < 1.29 is 21.5 Å². The van der Waals surface area contributed by atoms with E-state index in [1.165, 1.54) is 0 Å². The van der Waals surface area contributed by atoms with E-state index >= 15 is 0 Å². The molecule has 1 aromatic rings. The maximum Gasteiger partial charge on any atom is 0.243 e. The Morgan fingerprint density at radius 2 is 1.93 bits per heavy atom. The van der Waals surface area contributed by atoms with Crippen LogP contribution in [0.1, 0.15) is 13.8 Å². The van der Waals surface area contributed by atoms with E-state index in [0.29, 0.717) is 0 Å². The first-order chi connectivity index (χ1) is 6.08. The lowest BCUT2D eigenvalue weighted by Crippen LogP contribution is -3.00. The van der Waals surface area contributed by atoms with Gasteiger partial charge in [-0.25, -0.2) is 9.13 Å². The van der Waals surface area contributed by atoms with Gasteiger partial charge in [-0.15, -0.1) is 0 Å². The van der Waals surface area contributed by atoms with Crippen molar-refractivity contribution in [2.45, 2.75) is 39.0 Å². The third-order valence-electron chi connectivity index (χ3n) is 1.74. The van der Waals surface area contributed by atoms with Gasteiger partial charge in [-0.1, -0.05) is 0 Å². The summed E-state index contributed by atoms with van der Waals surface area (Å²) in [5, 5.41) is 0. The lowest BCUT2D eigenvalue weighted by molar-refractivity contribution is -0.697. The first-order valence-corrected chi connectivity index (χ1v) is 4.64. The molecule has 14 heavy (non-hydrogen) atoms. The topological polar surface area (TPSA) is 60.8 Å². The molecule has 0 radical (unpaired) electrons. The van der Waals surface area contributed by atoms with E-state index in [0.717, 1.165) is 13.1 Å². The highest BCUT2D eigenvalue weighted by molar-refractivity contribution is 4.69. The molecule has 1 aromatic heterocycles. The van der Waals surface area contributed by atoms with Crippen LogP contribution in [0.5, 0.6) is 0 Å². The molecule has 1 rings (SSSR count). The Hall–Kier alpha value is -0.390. The van der Waals surface area contributed by atoms with Gasteiger partial charge in [0.1, 0.15) is 25.5 Å².